The van der Waals surface area contributed by atoms with Crippen LogP contribution in [0.1, 0.15) is 13.8 Å². The van der Waals surface area contributed by atoms with Crippen LogP contribution in [0.4, 0.5) is 0 Å². The van der Waals surface area contributed by atoms with E-state index in [1.165, 1.54) is 19.6 Å². The van der Waals surface area contributed by atoms with Crippen molar-refractivity contribution in [2.75, 3.05) is 7.05 Å². The van der Waals surface area contributed by atoms with Gasteiger partial charge >= 0.3 is 0 Å². The van der Waals surface area contributed by atoms with E-state index in [0.29, 0.717) is 6.54 Å². The summed E-state index contributed by atoms with van der Waals surface area (Å²) in [6.07, 6.45) is 2.91. The smallest absolute Gasteiger partial charge is 0.262 e. The van der Waals surface area contributed by atoms with Gasteiger partial charge in [0.25, 0.3) is 10.0 Å². The SMILES string of the molecule is CCn1cnc(S(=O)(=O)N(C)C(C)C(=N)N)c1. The normalized spacial score (nSPS) is 13.9. The van der Waals surface area contributed by atoms with Crippen molar-refractivity contribution in [2.24, 2.45) is 5.73 Å². The number of aromatic nitrogens is 2. The summed E-state index contributed by atoms with van der Waals surface area (Å²) in [7, 11) is -2.31. The lowest BCUT2D eigenvalue weighted by molar-refractivity contribution is 0.446. The lowest BCUT2D eigenvalue weighted by Crippen LogP contribution is -2.43. The molecule has 0 saturated carbocycles. The van der Waals surface area contributed by atoms with E-state index in [2.05, 4.69) is 4.98 Å². The Balaban J connectivity index is 3.06. The highest BCUT2D eigenvalue weighted by molar-refractivity contribution is 7.89. The van der Waals surface area contributed by atoms with Crippen LogP contribution in [0.25, 0.3) is 0 Å². The van der Waals surface area contributed by atoms with Gasteiger partial charge in [0.15, 0.2) is 5.03 Å². The standard InChI is InChI=1S/C9H17N5O2S/c1-4-14-5-8(12-6-14)17(15,16)13(3)7(2)9(10)11/h5-7H,4H2,1-3H3,(H3,10,11). The molecule has 1 heterocycles. The second-order valence-electron chi connectivity index (χ2n) is 3.69. The average molecular weight is 259 g/mol. The molecule has 1 aromatic heterocycles. The fourth-order valence-corrected chi connectivity index (χ4v) is 2.47. The van der Waals surface area contributed by atoms with Crippen molar-refractivity contribution < 1.29 is 8.42 Å². The number of sulfonamides is 1. The molecule has 96 valence electrons. The molecule has 0 radical (unpaired) electrons. The molecule has 0 amide bonds. The molecule has 1 unspecified atom stereocenters. The third-order valence-corrected chi connectivity index (χ3v) is 4.43. The van der Waals surface area contributed by atoms with Crippen LogP contribution >= 0.6 is 0 Å². The molecule has 17 heavy (non-hydrogen) atoms. The highest BCUT2D eigenvalue weighted by Crippen LogP contribution is 2.14. The Morgan fingerprint density at radius 3 is 2.71 bits per heavy atom. The Morgan fingerprint density at radius 1 is 1.71 bits per heavy atom. The molecule has 0 saturated heterocycles. The number of imidazole rings is 1. The van der Waals surface area contributed by atoms with Gasteiger partial charge < -0.3 is 10.3 Å². The maximum absolute atomic E-state index is 12.1. The van der Waals surface area contributed by atoms with Crippen molar-refractivity contribution in [3.63, 3.8) is 0 Å². The molecule has 0 aromatic carbocycles. The van der Waals surface area contributed by atoms with Crippen LogP contribution in [0.5, 0.6) is 0 Å². The second-order valence-corrected chi connectivity index (χ2v) is 5.64. The molecule has 0 aliphatic heterocycles. The summed E-state index contributed by atoms with van der Waals surface area (Å²) in [5, 5.41) is 7.23. The van der Waals surface area contributed by atoms with E-state index in [0.717, 1.165) is 4.31 Å². The number of nitrogens with zero attached hydrogens (tertiary/aromatic N) is 3. The quantitative estimate of drug-likeness (QED) is 0.566. The minimum Gasteiger partial charge on any atom is -0.386 e. The zero-order valence-electron chi connectivity index (χ0n) is 10.1. The lowest BCUT2D eigenvalue weighted by Gasteiger charge is -2.21. The summed E-state index contributed by atoms with van der Waals surface area (Å²) in [4.78, 5) is 3.84. The first-order valence-corrected chi connectivity index (χ1v) is 6.58. The van der Waals surface area contributed by atoms with Gasteiger partial charge in [-0.3, -0.25) is 5.41 Å². The summed E-state index contributed by atoms with van der Waals surface area (Å²) in [6.45, 7) is 4.09. The third-order valence-electron chi connectivity index (χ3n) is 2.61. The summed E-state index contributed by atoms with van der Waals surface area (Å²) in [5.41, 5.74) is 5.29. The largest absolute Gasteiger partial charge is 0.386 e. The predicted molar refractivity (Wildman–Crippen MR) is 64.2 cm³/mol. The number of hydrogen-bond donors (Lipinski definition) is 2. The first-order valence-electron chi connectivity index (χ1n) is 5.14. The number of nitrogens with two attached hydrogens (primary N) is 1. The van der Waals surface area contributed by atoms with Crippen molar-refractivity contribution in [1.82, 2.24) is 13.9 Å². The molecule has 3 N–H and O–H groups in total. The number of rotatable bonds is 5. The van der Waals surface area contributed by atoms with Crippen LogP contribution in [0, 0.1) is 5.41 Å². The zero-order valence-corrected chi connectivity index (χ0v) is 10.9. The highest BCUT2D eigenvalue weighted by Gasteiger charge is 2.28. The number of amidine groups is 1. The number of aryl methyl sites for hydroxylation is 1. The van der Waals surface area contributed by atoms with Crippen molar-refractivity contribution in [1.29, 1.82) is 5.41 Å². The Morgan fingerprint density at radius 2 is 2.29 bits per heavy atom. The van der Waals surface area contributed by atoms with E-state index in [1.54, 1.807) is 11.5 Å². The van der Waals surface area contributed by atoms with Gasteiger partial charge in [0, 0.05) is 19.8 Å². The molecule has 0 fully saturated rings. The van der Waals surface area contributed by atoms with Crippen molar-refractivity contribution in [3.05, 3.63) is 12.5 Å². The molecular formula is C9H17N5O2S. The Hall–Kier alpha value is -1.41. The molecule has 1 rings (SSSR count). The maximum atomic E-state index is 12.1. The average Bonchev–Trinajstić information content (AvgIpc) is 2.75. The Labute approximate surface area is 101 Å². The number of nitrogens with one attached hydrogen (secondary N) is 1. The lowest BCUT2D eigenvalue weighted by atomic mass is 10.3. The van der Waals surface area contributed by atoms with Crippen molar-refractivity contribution >= 4 is 15.9 Å². The van der Waals surface area contributed by atoms with E-state index in [1.807, 2.05) is 6.92 Å². The van der Waals surface area contributed by atoms with Gasteiger partial charge in [-0.05, 0) is 13.8 Å². The van der Waals surface area contributed by atoms with E-state index in [-0.39, 0.29) is 10.9 Å². The minimum absolute atomic E-state index is 0.0325. The van der Waals surface area contributed by atoms with Gasteiger partial charge in [-0.1, -0.05) is 0 Å². The van der Waals surface area contributed by atoms with E-state index < -0.39 is 16.1 Å². The van der Waals surface area contributed by atoms with Gasteiger partial charge in [-0.15, -0.1) is 0 Å². The molecule has 1 aromatic rings. The minimum atomic E-state index is -3.69. The summed E-state index contributed by atoms with van der Waals surface area (Å²) >= 11 is 0. The van der Waals surface area contributed by atoms with Gasteiger partial charge in [0.2, 0.25) is 0 Å². The topological polar surface area (TPSA) is 105 Å². The first kappa shape index (κ1) is 13.7. The van der Waals surface area contributed by atoms with Gasteiger partial charge in [0.05, 0.1) is 12.4 Å². The number of hydrogen-bond acceptors (Lipinski definition) is 4. The maximum Gasteiger partial charge on any atom is 0.262 e. The molecule has 8 heteroatoms. The first-order chi connectivity index (χ1) is 7.80. The molecule has 0 aliphatic rings. The van der Waals surface area contributed by atoms with Crippen LogP contribution in [0.3, 0.4) is 0 Å². The predicted octanol–water partition coefficient (Wildman–Crippen LogP) is -0.152. The third kappa shape index (κ3) is 2.64. The highest BCUT2D eigenvalue weighted by atomic mass is 32.2. The molecule has 0 spiro atoms. The van der Waals surface area contributed by atoms with E-state index in [4.69, 9.17) is 11.1 Å². The van der Waals surface area contributed by atoms with Gasteiger partial charge in [-0.25, -0.2) is 13.4 Å². The second kappa shape index (κ2) is 4.84. The van der Waals surface area contributed by atoms with Gasteiger partial charge in [-0.2, -0.15) is 4.31 Å². The molecule has 1 atom stereocenters. The molecule has 0 aliphatic carbocycles. The fourth-order valence-electron chi connectivity index (χ4n) is 1.20. The molecule has 7 nitrogen and oxygen atoms in total. The van der Waals surface area contributed by atoms with Crippen LogP contribution < -0.4 is 5.73 Å². The Bertz CT molecular complexity index is 507. The van der Waals surface area contributed by atoms with Crippen LogP contribution in [-0.4, -0.2) is 41.2 Å². The van der Waals surface area contributed by atoms with Crippen molar-refractivity contribution in [3.8, 4) is 0 Å². The Kier molecular flexibility index (Phi) is 3.89. The van der Waals surface area contributed by atoms with Crippen LogP contribution in [-0.2, 0) is 16.6 Å². The number of likely N-dealkylation sites (N-methyl/N-ethyl adjacent to an activating group) is 1. The van der Waals surface area contributed by atoms with Crippen LogP contribution in [0.2, 0.25) is 0 Å². The molecule has 0 bridgehead atoms. The van der Waals surface area contributed by atoms with E-state index >= 15 is 0 Å². The summed E-state index contributed by atoms with van der Waals surface area (Å²) < 4.78 is 26.9. The summed E-state index contributed by atoms with van der Waals surface area (Å²) in [5.74, 6) is -0.203. The monoisotopic (exact) mass is 259 g/mol. The fraction of sp³-hybridized carbons (Fsp3) is 0.556. The van der Waals surface area contributed by atoms with E-state index in [9.17, 15) is 8.42 Å². The zero-order chi connectivity index (χ0) is 13.2. The van der Waals surface area contributed by atoms with Gasteiger partial charge in [0.1, 0.15) is 5.84 Å². The van der Waals surface area contributed by atoms with Crippen molar-refractivity contribution in [2.45, 2.75) is 31.5 Å². The summed E-state index contributed by atoms with van der Waals surface area (Å²) in [6, 6.07) is -0.688. The van der Waals surface area contributed by atoms with Crippen LogP contribution in [0.15, 0.2) is 17.6 Å². The molecular weight excluding hydrogens is 242 g/mol.